The Morgan fingerprint density at radius 1 is 1.20 bits per heavy atom. The van der Waals surface area contributed by atoms with Crippen molar-refractivity contribution in [2.24, 2.45) is 0 Å². The van der Waals surface area contributed by atoms with Crippen LogP contribution in [0.1, 0.15) is 46.0 Å². The van der Waals surface area contributed by atoms with Crippen molar-refractivity contribution < 1.29 is 29.6 Å². The quantitative estimate of drug-likeness (QED) is 0.335. The molecule has 4 heteroatoms. The summed E-state index contributed by atoms with van der Waals surface area (Å²) in [6.07, 6.45) is 9.50. The Bertz CT molecular complexity index is 134. The molecule has 0 heterocycles. The minimum atomic E-state index is 0. The summed E-state index contributed by atoms with van der Waals surface area (Å²) in [7, 11) is 0. The molecule has 84 valence electrons. The molecular weight excluding hydrogens is 233 g/mol. The van der Waals surface area contributed by atoms with Crippen LogP contribution in [0.2, 0.25) is 0 Å². The molecule has 0 aromatic rings. The van der Waals surface area contributed by atoms with Gasteiger partial charge in [0.2, 0.25) is 0 Å². The number of thiocarbonyl (C=S) groups is 1. The molecule has 1 nitrogen and oxygen atoms in total. The van der Waals surface area contributed by atoms with Crippen LogP contribution in [0.25, 0.3) is 0 Å². The molecule has 1 aliphatic carbocycles. The Balaban J connectivity index is 0. The monoisotopic (exact) mass is 255 g/mol. The van der Waals surface area contributed by atoms with Crippen LogP contribution in [0.4, 0.5) is 0 Å². The molecule has 0 aromatic carbocycles. The van der Waals surface area contributed by atoms with Gasteiger partial charge in [0.1, 0.15) is 4.32 Å². The van der Waals surface area contributed by atoms with Crippen molar-refractivity contribution in [3.05, 3.63) is 6.42 Å². The molecule has 1 aliphatic rings. The smallest absolute Gasteiger partial charge is 0.358 e. The van der Waals surface area contributed by atoms with Gasteiger partial charge in [-0.15, -0.1) is 12.6 Å². The second kappa shape index (κ2) is 13.3. The number of rotatable bonds is 2. The minimum Gasteiger partial charge on any atom is -0.358 e. The van der Waals surface area contributed by atoms with Crippen molar-refractivity contribution in [2.75, 3.05) is 13.1 Å². The molecule has 0 bridgehead atoms. The molecule has 0 amide bonds. The van der Waals surface area contributed by atoms with Crippen molar-refractivity contribution in [2.45, 2.75) is 46.0 Å². The molecule has 1 saturated carbocycles. The van der Waals surface area contributed by atoms with Gasteiger partial charge in [-0.05, 0) is 13.8 Å². The molecule has 0 spiro atoms. The fourth-order valence-corrected chi connectivity index (χ4v) is 1.93. The van der Waals surface area contributed by atoms with Crippen molar-refractivity contribution in [1.29, 1.82) is 0 Å². The van der Waals surface area contributed by atoms with Crippen molar-refractivity contribution >= 4 is 29.2 Å². The molecule has 15 heavy (non-hydrogen) atoms. The maximum absolute atomic E-state index is 4.81. The van der Waals surface area contributed by atoms with Crippen molar-refractivity contribution in [1.82, 2.24) is 4.90 Å². The SMILES string of the molecule is CCN(CC)C(=S)S.[CH-]1CCCCC1.[Na+]. The average molecular weight is 255 g/mol. The zero-order valence-electron chi connectivity index (χ0n) is 10.3. The summed E-state index contributed by atoms with van der Waals surface area (Å²) in [6.45, 7) is 6.04. The molecule has 0 aliphatic heterocycles. The van der Waals surface area contributed by atoms with Gasteiger partial charge in [-0.25, -0.2) is 0 Å². The van der Waals surface area contributed by atoms with Gasteiger partial charge in [0.05, 0.1) is 0 Å². The first kappa shape index (κ1) is 18.6. The van der Waals surface area contributed by atoms with Crippen LogP contribution in [-0.4, -0.2) is 22.3 Å². The Kier molecular flexibility index (Phi) is 16.5. The van der Waals surface area contributed by atoms with Crippen LogP contribution in [-0.2, 0) is 0 Å². The minimum absolute atomic E-state index is 0. The fourth-order valence-electron chi connectivity index (χ4n) is 1.39. The summed E-state index contributed by atoms with van der Waals surface area (Å²) in [5.74, 6) is 0. The Morgan fingerprint density at radius 3 is 1.73 bits per heavy atom. The summed E-state index contributed by atoms with van der Waals surface area (Å²) in [5, 5.41) is 0. The number of hydrogen-bond donors (Lipinski definition) is 1. The maximum Gasteiger partial charge on any atom is 1.00 e. The van der Waals surface area contributed by atoms with E-state index in [2.05, 4.69) is 32.9 Å². The van der Waals surface area contributed by atoms with Crippen LogP contribution in [0.5, 0.6) is 0 Å². The second-order valence-corrected chi connectivity index (χ2v) is 4.49. The Morgan fingerprint density at radius 2 is 1.67 bits per heavy atom. The fraction of sp³-hybridized carbons (Fsp3) is 0.818. The van der Waals surface area contributed by atoms with Crippen LogP contribution in [0.3, 0.4) is 0 Å². The standard InChI is InChI=1S/C6H11.C5H11NS2.Na/c1-2-4-6-5-3-1;1-3-6(4-2)5(7)8;/h1H,2-6H2;3-4H2,1-2H3,(H,7,8);/q-1;;+1. The van der Waals surface area contributed by atoms with Gasteiger partial charge in [-0.2, -0.15) is 12.8 Å². The summed E-state index contributed by atoms with van der Waals surface area (Å²) in [5.41, 5.74) is 0. The summed E-state index contributed by atoms with van der Waals surface area (Å²) in [6, 6.07) is 0. The van der Waals surface area contributed by atoms with E-state index in [0.29, 0.717) is 4.32 Å². The maximum atomic E-state index is 4.81. The predicted octanol–water partition coefficient (Wildman–Crippen LogP) is 0.702. The first-order valence-electron chi connectivity index (χ1n) is 5.51. The molecule has 0 radical (unpaired) electrons. The van der Waals surface area contributed by atoms with E-state index < -0.39 is 0 Å². The number of thiol groups is 1. The third-order valence-corrected chi connectivity index (χ3v) is 2.89. The zero-order chi connectivity index (χ0) is 10.8. The average Bonchev–Trinajstić information content (AvgIpc) is 2.22. The first-order chi connectivity index (χ1) is 6.72. The summed E-state index contributed by atoms with van der Waals surface area (Å²) < 4.78 is 0.690. The van der Waals surface area contributed by atoms with Gasteiger partial charge in [0.25, 0.3) is 0 Å². The van der Waals surface area contributed by atoms with Crippen molar-refractivity contribution in [3.8, 4) is 0 Å². The largest absolute Gasteiger partial charge is 1.00 e. The van der Waals surface area contributed by atoms with Crippen molar-refractivity contribution in [3.63, 3.8) is 0 Å². The van der Waals surface area contributed by atoms with Gasteiger partial charge < -0.3 is 11.3 Å². The third kappa shape index (κ3) is 11.5. The normalized spacial score (nSPS) is 14.3. The van der Waals surface area contributed by atoms with E-state index in [9.17, 15) is 0 Å². The topological polar surface area (TPSA) is 3.24 Å². The Labute approximate surface area is 128 Å². The van der Waals surface area contributed by atoms with Gasteiger partial charge in [-0.1, -0.05) is 31.5 Å². The molecule has 0 atom stereocenters. The van der Waals surface area contributed by atoms with Gasteiger partial charge in [0.15, 0.2) is 0 Å². The Hall–Kier alpha value is 1.24. The summed E-state index contributed by atoms with van der Waals surface area (Å²) in [4.78, 5) is 2.01. The van der Waals surface area contributed by atoms with Crippen LogP contribution < -0.4 is 29.6 Å². The third-order valence-electron chi connectivity index (χ3n) is 2.35. The number of hydrogen-bond acceptors (Lipinski definition) is 1. The molecule has 1 fully saturated rings. The predicted molar refractivity (Wildman–Crippen MR) is 71.9 cm³/mol. The number of nitrogens with zero attached hydrogens (tertiary/aromatic N) is 1. The first-order valence-corrected chi connectivity index (χ1v) is 6.37. The van der Waals surface area contributed by atoms with E-state index in [1.807, 2.05) is 4.90 Å². The molecular formula is C11H22NNaS2. The summed E-state index contributed by atoms with van der Waals surface area (Å²) >= 11 is 8.82. The van der Waals surface area contributed by atoms with Crippen LogP contribution in [0, 0.1) is 6.42 Å². The van der Waals surface area contributed by atoms with E-state index in [-0.39, 0.29) is 29.6 Å². The van der Waals surface area contributed by atoms with Crippen LogP contribution in [0.15, 0.2) is 0 Å². The van der Waals surface area contributed by atoms with E-state index in [4.69, 9.17) is 12.2 Å². The van der Waals surface area contributed by atoms with Gasteiger partial charge in [0, 0.05) is 13.1 Å². The molecule has 0 N–H and O–H groups in total. The van der Waals surface area contributed by atoms with Gasteiger partial charge in [-0.3, -0.25) is 0 Å². The zero-order valence-corrected chi connectivity index (χ0v) is 14.0. The molecule has 0 aromatic heterocycles. The second-order valence-electron chi connectivity index (χ2n) is 3.38. The van der Waals surface area contributed by atoms with E-state index in [1.165, 1.54) is 32.1 Å². The van der Waals surface area contributed by atoms with Crippen LogP contribution >= 0.6 is 24.8 Å². The molecule has 1 rings (SSSR count). The van der Waals surface area contributed by atoms with Gasteiger partial charge >= 0.3 is 29.6 Å². The molecule has 0 saturated heterocycles. The van der Waals surface area contributed by atoms with E-state index in [0.717, 1.165) is 13.1 Å². The van der Waals surface area contributed by atoms with E-state index >= 15 is 0 Å². The van der Waals surface area contributed by atoms with E-state index in [1.54, 1.807) is 0 Å². The molecule has 0 unspecified atom stereocenters.